The fraction of sp³-hybridized carbons (Fsp3) is 0.800. The highest BCUT2D eigenvalue weighted by Gasteiger charge is 2.37. The number of rotatable bonds is 4. The highest BCUT2D eigenvalue weighted by Crippen LogP contribution is 2.38. The maximum atomic E-state index is 4.77. The third-order valence-electron chi connectivity index (χ3n) is 4.26. The molecular formula is C15H25N3S. The summed E-state index contributed by atoms with van der Waals surface area (Å²) in [5.74, 6) is 0.977. The number of likely N-dealkylation sites (tertiary alicyclic amines) is 1. The topological polar surface area (TPSA) is 28.2 Å². The summed E-state index contributed by atoms with van der Waals surface area (Å²) in [5.41, 5.74) is 1.43. The highest BCUT2D eigenvalue weighted by atomic mass is 32.1. The minimum Gasteiger partial charge on any atom is -0.306 e. The number of fused-ring (bicyclic) bond motifs is 2. The van der Waals surface area contributed by atoms with Crippen molar-refractivity contribution >= 4 is 11.3 Å². The molecule has 19 heavy (non-hydrogen) atoms. The Kier molecular flexibility index (Phi) is 3.67. The summed E-state index contributed by atoms with van der Waals surface area (Å²) in [5, 5.41) is 6.97. The molecule has 1 aromatic rings. The summed E-state index contributed by atoms with van der Waals surface area (Å²) in [6, 6.07) is 0.850. The van der Waals surface area contributed by atoms with Crippen molar-refractivity contribution in [3.8, 4) is 0 Å². The van der Waals surface area contributed by atoms with Gasteiger partial charge in [-0.2, -0.15) is 0 Å². The van der Waals surface area contributed by atoms with E-state index < -0.39 is 0 Å². The van der Waals surface area contributed by atoms with E-state index in [1.807, 2.05) is 0 Å². The fourth-order valence-corrected chi connectivity index (χ4v) is 4.00. The molecule has 1 aliphatic carbocycles. The molecule has 3 nitrogen and oxygen atoms in total. The van der Waals surface area contributed by atoms with Crippen LogP contribution in [0.4, 0.5) is 0 Å². The molecule has 106 valence electrons. The summed E-state index contributed by atoms with van der Waals surface area (Å²) >= 11 is 1.79. The van der Waals surface area contributed by atoms with Crippen LogP contribution in [0.1, 0.15) is 50.7 Å². The maximum Gasteiger partial charge on any atom is 0.107 e. The van der Waals surface area contributed by atoms with Crippen LogP contribution >= 0.6 is 11.3 Å². The van der Waals surface area contributed by atoms with Crippen molar-refractivity contribution in [2.75, 3.05) is 6.54 Å². The fourth-order valence-electron chi connectivity index (χ4n) is 3.27. The van der Waals surface area contributed by atoms with Crippen LogP contribution in [-0.2, 0) is 13.1 Å². The summed E-state index contributed by atoms with van der Waals surface area (Å²) in [6.45, 7) is 9.85. The SMILES string of the molecule is CC(C)(C)NCc1nc(CN2CC3CCC2C3)cs1. The largest absolute Gasteiger partial charge is 0.306 e. The van der Waals surface area contributed by atoms with Gasteiger partial charge in [0, 0.05) is 36.6 Å². The van der Waals surface area contributed by atoms with Gasteiger partial charge in [0.1, 0.15) is 5.01 Å². The van der Waals surface area contributed by atoms with Crippen LogP contribution in [0.2, 0.25) is 0 Å². The zero-order chi connectivity index (χ0) is 13.5. The second-order valence-corrected chi connectivity index (χ2v) is 8.04. The summed E-state index contributed by atoms with van der Waals surface area (Å²) in [4.78, 5) is 7.42. The molecule has 1 N–H and O–H groups in total. The van der Waals surface area contributed by atoms with Crippen molar-refractivity contribution in [1.82, 2.24) is 15.2 Å². The van der Waals surface area contributed by atoms with Gasteiger partial charge in [0.25, 0.3) is 0 Å². The lowest BCUT2D eigenvalue weighted by atomic mass is 10.1. The van der Waals surface area contributed by atoms with E-state index in [1.165, 1.54) is 36.5 Å². The van der Waals surface area contributed by atoms with Crippen molar-refractivity contribution < 1.29 is 0 Å². The lowest BCUT2D eigenvalue weighted by Crippen LogP contribution is -2.35. The van der Waals surface area contributed by atoms with Crippen LogP contribution in [-0.4, -0.2) is 28.0 Å². The molecule has 2 bridgehead atoms. The average molecular weight is 279 g/mol. The Morgan fingerprint density at radius 3 is 2.89 bits per heavy atom. The minimum absolute atomic E-state index is 0.167. The Morgan fingerprint density at radius 2 is 2.26 bits per heavy atom. The third-order valence-corrected chi connectivity index (χ3v) is 5.15. The van der Waals surface area contributed by atoms with Gasteiger partial charge < -0.3 is 5.32 Å². The Morgan fingerprint density at radius 1 is 1.42 bits per heavy atom. The summed E-state index contributed by atoms with van der Waals surface area (Å²) in [7, 11) is 0. The molecule has 0 spiro atoms. The van der Waals surface area contributed by atoms with E-state index in [0.29, 0.717) is 0 Å². The van der Waals surface area contributed by atoms with Crippen LogP contribution in [0, 0.1) is 5.92 Å². The molecule has 2 fully saturated rings. The molecule has 1 aliphatic heterocycles. The quantitative estimate of drug-likeness (QED) is 0.918. The number of hydrogen-bond donors (Lipinski definition) is 1. The Labute approximate surface area is 120 Å². The van der Waals surface area contributed by atoms with Gasteiger partial charge in [-0.15, -0.1) is 11.3 Å². The highest BCUT2D eigenvalue weighted by molar-refractivity contribution is 7.09. The van der Waals surface area contributed by atoms with Gasteiger partial charge in [-0.25, -0.2) is 4.98 Å². The Bertz CT molecular complexity index is 435. The van der Waals surface area contributed by atoms with Crippen molar-refractivity contribution in [3.05, 3.63) is 16.1 Å². The van der Waals surface area contributed by atoms with Crippen LogP contribution in [0.3, 0.4) is 0 Å². The number of hydrogen-bond acceptors (Lipinski definition) is 4. The number of thiazole rings is 1. The van der Waals surface area contributed by atoms with Crippen molar-refractivity contribution in [3.63, 3.8) is 0 Å². The Hall–Kier alpha value is -0.450. The average Bonchev–Trinajstić information content (AvgIpc) is 3.01. The van der Waals surface area contributed by atoms with E-state index in [-0.39, 0.29) is 5.54 Å². The molecule has 0 aromatic carbocycles. The standard InChI is InChI=1S/C15H25N3S/c1-15(2,3)16-7-14-17-12(10-19-14)9-18-8-11-4-5-13(18)6-11/h10-11,13,16H,4-9H2,1-3H3. The molecule has 1 saturated carbocycles. The molecule has 3 rings (SSSR count). The second kappa shape index (κ2) is 5.15. The van der Waals surface area contributed by atoms with Crippen LogP contribution in [0.5, 0.6) is 0 Å². The monoisotopic (exact) mass is 279 g/mol. The van der Waals surface area contributed by atoms with E-state index in [1.54, 1.807) is 11.3 Å². The Balaban J connectivity index is 1.53. The molecular weight excluding hydrogens is 254 g/mol. The molecule has 4 heteroatoms. The van der Waals surface area contributed by atoms with Crippen LogP contribution in [0.15, 0.2) is 5.38 Å². The normalized spacial score (nSPS) is 27.3. The predicted octanol–water partition coefficient (Wildman–Crippen LogP) is 3.02. The molecule has 1 aromatic heterocycles. The molecule has 2 aliphatic rings. The second-order valence-electron chi connectivity index (χ2n) is 7.10. The summed E-state index contributed by atoms with van der Waals surface area (Å²) < 4.78 is 0. The first-order chi connectivity index (χ1) is 8.99. The molecule has 1 saturated heterocycles. The van der Waals surface area contributed by atoms with Gasteiger partial charge in [0.15, 0.2) is 0 Å². The molecule has 2 atom stereocenters. The molecule has 2 heterocycles. The smallest absolute Gasteiger partial charge is 0.107 e. The number of piperidine rings is 1. The van der Waals surface area contributed by atoms with Gasteiger partial charge >= 0.3 is 0 Å². The van der Waals surface area contributed by atoms with E-state index in [2.05, 4.69) is 36.4 Å². The summed E-state index contributed by atoms with van der Waals surface area (Å²) in [6.07, 6.45) is 4.30. The van der Waals surface area contributed by atoms with Crippen molar-refractivity contribution in [1.29, 1.82) is 0 Å². The van der Waals surface area contributed by atoms with Gasteiger partial charge in [-0.1, -0.05) is 0 Å². The van der Waals surface area contributed by atoms with Crippen molar-refractivity contribution in [2.24, 2.45) is 5.92 Å². The molecule has 2 unspecified atom stereocenters. The first kappa shape index (κ1) is 13.5. The van der Waals surface area contributed by atoms with Gasteiger partial charge in [0.2, 0.25) is 0 Å². The number of aromatic nitrogens is 1. The van der Waals surface area contributed by atoms with Gasteiger partial charge in [-0.05, 0) is 46.0 Å². The minimum atomic E-state index is 0.167. The van der Waals surface area contributed by atoms with Gasteiger partial charge in [-0.3, -0.25) is 4.90 Å². The first-order valence-corrected chi connectivity index (χ1v) is 8.30. The van der Waals surface area contributed by atoms with Crippen LogP contribution in [0.25, 0.3) is 0 Å². The zero-order valence-corrected chi connectivity index (χ0v) is 13.1. The number of nitrogens with one attached hydrogen (secondary N) is 1. The number of nitrogens with zero attached hydrogens (tertiary/aromatic N) is 2. The zero-order valence-electron chi connectivity index (χ0n) is 12.3. The van der Waals surface area contributed by atoms with E-state index in [0.717, 1.165) is 25.0 Å². The molecule has 0 amide bonds. The lowest BCUT2D eigenvalue weighted by Gasteiger charge is -2.25. The maximum absolute atomic E-state index is 4.77. The van der Waals surface area contributed by atoms with E-state index >= 15 is 0 Å². The van der Waals surface area contributed by atoms with E-state index in [4.69, 9.17) is 4.98 Å². The third kappa shape index (κ3) is 3.36. The van der Waals surface area contributed by atoms with Gasteiger partial charge in [0.05, 0.1) is 5.69 Å². The van der Waals surface area contributed by atoms with Crippen molar-refractivity contribution in [2.45, 2.75) is 64.7 Å². The predicted molar refractivity (Wildman–Crippen MR) is 80.2 cm³/mol. The lowest BCUT2D eigenvalue weighted by molar-refractivity contribution is 0.203. The first-order valence-electron chi connectivity index (χ1n) is 7.42. The molecule has 0 radical (unpaired) electrons. The van der Waals surface area contributed by atoms with E-state index in [9.17, 15) is 0 Å². The van der Waals surface area contributed by atoms with Crippen LogP contribution < -0.4 is 5.32 Å².